The zero-order valence-electron chi connectivity index (χ0n) is 6.08. The molecule has 0 aliphatic heterocycles. The molecule has 0 aromatic heterocycles. The van der Waals surface area contributed by atoms with Crippen LogP contribution in [0, 0.1) is 5.92 Å². The van der Waals surface area contributed by atoms with Gasteiger partial charge in [0.05, 0.1) is 0 Å². The zero-order chi connectivity index (χ0) is 8.15. The van der Waals surface area contributed by atoms with Crippen molar-refractivity contribution in [3.8, 4) is 0 Å². The summed E-state index contributed by atoms with van der Waals surface area (Å²) >= 11 is 0. The number of carboxylic acid groups (broad SMARTS) is 1. The number of hydrogen-bond acceptors (Lipinski definition) is 2. The molecule has 0 aliphatic rings. The van der Waals surface area contributed by atoms with Crippen molar-refractivity contribution in [2.24, 2.45) is 11.7 Å². The molecule has 0 bridgehead atoms. The summed E-state index contributed by atoms with van der Waals surface area (Å²) in [5.74, 6) is -0.982. The lowest BCUT2D eigenvalue weighted by molar-refractivity contribution is -0.139. The highest BCUT2D eigenvalue weighted by Crippen LogP contribution is 2.05. The molecule has 0 saturated heterocycles. The molecule has 0 rings (SSSR count). The third kappa shape index (κ3) is 2.64. The Labute approximate surface area is 60.5 Å². The van der Waals surface area contributed by atoms with Crippen molar-refractivity contribution in [3.05, 3.63) is 12.7 Å². The van der Waals surface area contributed by atoms with Gasteiger partial charge in [0.15, 0.2) is 0 Å². The van der Waals surface area contributed by atoms with Gasteiger partial charge in [-0.05, 0) is 12.3 Å². The van der Waals surface area contributed by atoms with Gasteiger partial charge in [-0.3, -0.25) is 4.79 Å². The normalized spacial score (nSPS) is 15.8. The standard InChI is InChI=1S/C7H13NO2/c1-3-4-5(2)6(8)7(9)10/h3,5-6H,1,4,8H2,2H3,(H,9,10)/t5?,6-/m1/s1. The number of carboxylic acids is 1. The Hall–Kier alpha value is -0.830. The zero-order valence-corrected chi connectivity index (χ0v) is 6.08. The van der Waals surface area contributed by atoms with Crippen LogP contribution in [0.15, 0.2) is 12.7 Å². The second-order valence-electron chi connectivity index (χ2n) is 2.37. The Morgan fingerprint density at radius 2 is 2.40 bits per heavy atom. The largest absolute Gasteiger partial charge is 0.480 e. The fourth-order valence-electron chi connectivity index (χ4n) is 0.653. The first kappa shape index (κ1) is 9.17. The van der Waals surface area contributed by atoms with E-state index in [9.17, 15) is 4.79 Å². The number of rotatable bonds is 4. The van der Waals surface area contributed by atoms with Crippen LogP contribution in [0.25, 0.3) is 0 Å². The quantitative estimate of drug-likeness (QED) is 0.567. The molecule has 3 heteroatoms. The molecule has 1 unspecified atom stereocenters. The molecule has 0 saturated carbocycles. The average Bonchev–Trinajstić information content (AvgIpc) is 1.87. The van der Waals surface area contributed by atoms with Crippen LogP contribution in [0.1, 0.15) is 13.3 Å². The highest BCUT2D eigenvalue weighted by molar-refractivity contribution is 5.73. The lowest BCUT2D eigenvalue weighted by Crippen LogP contribution is -2.36. The van der Waals surface area contributed by atoms with Gasteiger partial charge in [0, 0.05) is 0 Å². The monoisotopic (exact) mass is 143 g/mol. The van der Waals surface area contributed by atoms with Gasteiger partial charge in [0.2, 0.25) is 0 Å². The molecule has 0 spiro atoms. The first-order valence-corrected chi connectivity index (χ1v) is 3.19. The Morgan fingerprint density at radius 1 is 1.90 bits per heavy atom. The first-order valence-electron chi connectivity index (χ1n) is 3.19. The molecule has 0 aliphatic carbocycles. The lowest BCUT2D eigenvalue weighted by atomic mass is 10.00. The summed E-state index contributed by atoms with van der Waals surface area (Å²) in [7, 11) is 0. The predicted octanol–water partition coefficient (Wildman–Crippen LogP) is 0.611. The van der Waals surface area contributed by atoms with E-state index in [0.717, 1.165) is 0 Å². The van der Waals surface area contributed by atoms with Crippen molar-refractivity contribution in [1.82, 2.24) is 0 Å². The molecule has 58 valence electrons. The fraction of sp³-hybridized carbons (Fsp3) is 0.571. The van der Waals surface area contributed by atoms with E-state index in [-0.39, 0.29) is 5.92 Å². The fourth-order valence-corrected chi connectivity index (χ4v) is 0.653. The number of hydrogen-bond donors (Lipinski definition) is 2. The van der Waals surface area contributed by atoms with Crippen molar-refractivity contribution in [1.29, 1.82) is 0 Å². The molecule has 2 atom stereocenters. The topological polar surface area (TPSA) is 63.3 Å². The summed E-state index contributed by atoms with van der Waals surface area (Å²) < 4.78 is 0. The highest BCUT2D eigenvalue weighted by Gasteiger charge is 2.17. The minimum Gasteiger partial charge on any atom is -0.480 e. The molecule has 10 heavy (non-hydrogen) atoms. The van der Waals surface area contributed by atoms with E-state index < -0.39 is 12.0 Å². The Kier molecular flexibility index (Phi) is 3.72. The molecule has 0 fully saturated rings. The molecule has 0 aromatic rings. The summed E-state index contributed by atoms with van der Waals surface area (Å²) in [6.07, 6.45) is 2.32. The van der Waals surface area contributed by atoms with Crippen molar-refractivity contribution >= 4 is 5.97 Å². The average molecular weight is 143 g/mol. The van der Waals surface area contributed by atoms with E-state index in [4.69, 9.17) is 10.8 Å². The lowest BCUT2D eigenvalue weighted by Gasteiger charge is -2.12. The minimum absolute atomic E-state index is 0.0324. The van der Waals surface area contributed by atoms with Gasteiger partial charge in [-0.2, -0.15) is 0 Å². The minimum atomic E-state index is -0.950. The Bertz CT molecular complexity index is 134. The second-order valence-corrected chi connectivity index (χ2v) is 2.37. The van der Waals surface area contributed by atoms with Gasteiger partial charge in [0.25, 0.3) is 0 Å². The maximum atomic E-state index is 10.3. The van der Waals surface area contributed by atoms with E-state index in [1.807, 2.05) is 0 Å². The van der Waals surface area contributed by atoms with Crippen LogP contribution in [0.2, 0.25) is 0 Å². The van der Waals surface area contributed by atoms with Crippen LogP contribution in [0.5, 0.6) is 0 Å². The smallest absolute Gasteiger partial charge is 0.320 e. The van der Waals surface area contributed by atoms with E-state index in [2.05, 4.69) is 6.58 Å². The molecule has 0 heterocycles. The summed E-state index contributed by atoms with van der Waals surface area (Å²) in [6, 6.07) is -0.766. The van der Waals surface area contributed by atoms with Crippen LogP contribution >= 0.6 is 0 Å². The summed E-state index contributed by atoms with van der Waals surface area (Å²) in [5, 5.41) is 8.42. The predicted molar refractivity (Wildman–Crippen MR) is 39.6 cm³/mol. The van der Waals surface area contributed by atoms with Crippen LogP contribution in [-0.2, 0) is 4.79 Å². The van der Waals surface area contributed by atoms with Gasteiger partial charge in [-0.25, -0.2) is 0 Å². The third-order valence-corrected chi connectivity index (χ3v) is 1.44. The van der Waals surface area contributed by atoms with Gasteiger partial charge < -0.3 is 10.8 Å². The SMILES string of the molecule is C=CCC(C)[C@@H](N)C(=O)O. The van der Waals surface area contributed by atoms with Crippen LogP contribution in [0.3, 0.4) is 0 Å². The van der Waals surface area contributed by atoms with Gasteiger partial charge >= 0.3 is 5.97 Å². The van der Waals surface area contributed by atoms with Crippen LogP contribution in [-0.4, -0.2) is 17.1 Å². The van der Waals surface area contributed by atoms with E-state index in [1.165, 1.54) is 0 Å². The van der Waals surface area contributed by atoms with Crippen molar-refractivity contribution < 1.29 is 9.90 Å². The van der Waals surface area contributed by atoms with E-state index in [1.54, 1.807) is 13.0 Å². The van der Waals surface area contributed by atoms with Crippen molar-refractivity contribution in [2.75, 3.05) is 0 Å². The molecule has 0 amide bonds. The Balaban J connectivity index is 3.80. The summed E-state index contributed by atoms with van der Waals surface area (Å²) in [6.45, 7) is 5.29. The maximum absolute atomic E-state index is 10.3. The highest BCUT2D eigenvalue weighted by atomic mass is 16.4. The first-order chi connectivity index (χ1) is 4.59. The van der Waals surface area contributed by atoms with E-state index >= 15 is 0 Å². The molecule has 3 N–H and O–H groups in total. The number of allylic oxidation sites excluding steroid dienone is 1. The molecular weight excluding hydrogens is 130 g/mol. The van der Waals surface area contributed by atoms with Crippen molar-refractivity contribution in [2.45, 2.75) is 19.4 Å². The van der Waals surface area contributed by atoms with Gasteiger partial charge in [-0.15, -0.1) is 6.58 Å². The van der Waals surface area contributed by atoms with Gasteiger partial charge in [-0.1, -0.05) is 13.0 Å². The van der Waals surface area contributed by atoms with Gasteiger partial charge in [0.1, 0.15) is 6.04 Å². The number of aliphatic carboxylic acids is 1. The molecule has 0 radical (unpaired) electrons. The van der Waals surface area contributed by atoms with Crippen LogP contribution in [0.4, 0.5) is 0 Å². The van der Waals surface area contributed by atoms with E-state index in [0.29, 0.717) is 6.42 Å². The van der Waals surface area contributed by atoms with Crippen molar-refractivity contribution in [3.63, 3.8) is 0 Å². The molecule has 3 nitrogen and oxygen atoms in total. The van der Waals surface area contributed by atoms with Crippen LogP contribution < -0.4 is 5.73 Å². The summed E-state index contributed by atoms with van der Waals surface area (Å²) in [4.78, 5) is 10.3. The second kappa shape index (κ2) is 4.06. The number of nitrogens with two attached hydrogens (primary N) is 1. The molecule has 0 aromatic carbocycles. The Morgan fingerprint density at radius 3 is 2.70 bits per heavy atom. The number of carbonyl (C=O) groups is 1. The third-order valence-electron chi connectivity index (χ3n) is 1.44. The molecular formula is C7H13NO2. The maximum Gasteiger partial charge on any atom is 0.320 e. The summed E-state index contributed by atoms with van der Waals surface area (Å²) in [5.41, 5.74) is 5.30.